The molecule has 3 aromatic rings. The molecule has 4 nitrogen and oxygen atoms in total. The van der Waals surface area contributed by atoms with Crippen molar-refractivity contribution in [3.8, 4) is 17.1 Å². The minimum absolute atomic E-state index is 0.382. The molecule has 0 amide bonds. The van der Waals surface area contributed by atoms with Gasteiger partial charge in [0.05, 0.1) is 0 Å². The van der Waals surface area contributed by atoms with E-state index in [1.807, 2.05) is 31.2 Å². The lowest BCUT2D eigenvalue weighted by molar-refractivity contribution is 0.176. The van der Waals surface area contributed by atoms with Gasteiger partial charge in [-0.3, -0.25) is 0 Å². The molecule has 0 aliphatic rings. The van der Waals surface area contributed by atoms with Crippen LogP contribution in [0.25, 0.3) is 11.4 Å². The maximum Gasteiger partial charge on any atom is 0.267 e. The van der Waals surface area contributed by atoms with Gasteiger partial charge >= 0.3 is 0 Å². The molecule has 0 radical (unpaired) electrons. The third kappa shape index (κ3) is 3.40. The summed E-state index contributed by atoms with van der Waals surface area (Å²) in [5.74, 6) is 1.53. The van der Waals surface area contributed by atoms with Gasteiger partial charge in [0.15, 0.2) is 6.10 Å². The first-order chi connectivity index (χ1) is 10.6. The molecule has 2 aromatic carbocycles. The second-order valence-electron chi connectivity index (χ2n) is 4.68. The van der Waals surface area contributed by atoms with Crippen LogP contribution in [0.3, 0.4) is 0 Å². The first-order valence-electron chi connectivity index (χ1n) is 6.63. The largest absolute Gasteiger partial charge is 0.481 e. The van der Waals surface area contributed by atoms with Gasteiger partial charge in [-0.2, -0.15) is 4.98 Å². The van der Waals surface area contributed by atoms with Crippen molar-refractivity contribution in [2.75, 3.05) is 0 Å². The fraction of sp³-hybridized carbons (Fsp3) is 0.125. The molecule has 0 N–H and O–H groups in total. The summed E-state index contributed by atoms with van der Waals surface area (Å²) >= 11 is 11.8. The molecular formula is C16H12Cl2N2O2. The molecule has 6 heteroatoms. The van der Waals surface area contributed by atoms with E-state index in [0.29, 0.717) is 27.5 Å². The molecule has 0 aliphatic heterocycles. The smallest absolute Gasteiger partial charge is 0.267 e. The van der Waals surface area contributed by atoms with Gasteiger partial charge in [-0.1, -0.05) is 34.4 Å². The molecule has 0 aliphatic carbocycles. The standard InChI is InChI=1S/C16H12Cl2N2O2/c1-10(21-14-4-2-3-13(18)9-14)16-19-15(20-22-16)11-5-7-12(17)8-6-11/h2-10H,1H3. The summed E-state index contributed by atoms with van der Waals surface area (Å²) < 4.78 is 11.0. The van der Waals surface area contributed by atoms with Crippen molar-refractivity contribution in [3.63, 3.8) is 0 Å². The van der Waals surface area contributed by atoms with Gasteiger partial charge in [0, 0.05) is 15.6 Å². The molecule has 3 rings (SSSR count). The summed E-state index contributed by atoms with van der Waals surface area (Å²) in [6.45, 7) is 1.83. The van der Waals surface area contributed by atoms with Crippen molar-refractivity contribution in [1.82, 2.24) is 10.1 Å². The van der Waals surface area contributed by atoms with Gasteiger partial charge in [0.1, 0.15) is 5.75 Å². The van der Waals surface area contributed by atoms with Crippen molar-refractivity contribution in [2.45, 2.75) is 13.0 Å². The van der Waals surface area contributed by atoms with Crippen LogP contribution in [-0.4, -0.2) is 10.1 Å². The van der Waals surface area contributed by atoms with E-state index in [9.17, 15) is 0 Å². The Morgan fingerprint density at radius 1 is 1.05 bits per heavy atom. The summed E-state index contributed by atoms with van der Waals surface area (Å²) in [6, 6.07) is 14.4. The van der Waals surface area contributed by atoms with Crippen LogP contribution in [0, 0.1) is 0 Å². The number of ether oxygens (including phenoxy) is 1. The van der Waals surface area contributed by atoms with Crippen LogP contribution in [0.4, 0.5) is 0 Å². The minimum Gasteiger partial charge on any atom is -0.481 e. The van der Waals surface area contributed by atoms with Crippen molar-refractivity contribution in [2.24, 2.45) is 0 Å². The molecule has 112 valence electrons. The molecule has 0 saturated carbocycles. The number of hydrogen-bond acceptors (Lipinski definition) is 4. The number of hydrogen-bond donors (Lipinski definition) is 0. The lowest BCUT2D eigenvalue weighted by Crippen LogP contribution is -2.03. The van der Waals surface area contributed by atoms with Gasteiger partial charge in [0.25, 0.3) is 5.89 Å². The highest BCUT2D eigenvalue weighted by atomic mass is 35.5. The number of halogens is 2. The normalized spacial score (nSPS) is 12.1. The fourth-order valence-electron chi connectivity index (χ4n) is 1.91. The van der Waals surface area contributed by atoms with Crippen LogP contribution in [0.15, 0.2) is 53.1 Å². The minimum atomic E-state index is -0.382. The molecular weight excluding hydrogens is 323 g/mol. The van der Waals surface area contributed by atoms with Crippen LogP contribution in [0.1, 0.15) is 18.9 Å². The molecule has 0 saturated heterocycles. The van der Waals surface area contributed by atoms with Crippen molar-refractivity contribution >= 4 is 23.2 Å². The van der Waals surface area contributed by atoms with Gasteiger partial charge in [-0.05, 0) is 49.4 Å². The van der Waals surface area contributed by atoms with Gasteiger partial charge in [-0.25, -0.2) is 0 Å². The predicted molar refractivity (Wildman–Crippen MR) is 85.2 cm³/mol. The third-order valence-corrected chi connectivity index (χ3v) is 3.49. The van der Waals surface area contributed by atoms with Crippen LogP contribution >= 0.6 is 23.2 Å². The number of benzene rings is 2. The lowest BCUT2D eigenvalue weighted by Gasteiger charge is -2.10. The second-order valence-corrected chi connectivity index (χ2v) is 5.55. The number of nitrogens with zero attached hydrogens (tertiary/aromatic N) is 2. The maximum absolute atomic E-state index is 5.93. The summed E-state index contributed by atoms with van der Waals surface area (Å²) in [5.41, 5.74) is 0.828. The molecule has 0 fully saturated rings. The zero-order valence-corrected chi connectivity index (χ0v) is 13.2. The fourth-order valence-corrected chi connectivity index (χ4v) is 2.22. The first kappa shape index (κ1) is 14.9. The zero-order chi connectivity index (χ0) is 15.5. The Balaban J connectivity index is 1.76. The van der Waals surface area contributed by atoms with Gasteiger partial charge < -0.3 is 9.26 Å². The Morgan fingerprint density at radius 3 is 2.55 bits per heavy atom. The Labute approximate surface area is 137 Å². The Hall–Kier alpha value is -2.04. The molecule has 1 aromatic heterocycles. The highest BCUT2D eigenvalue weighted by molar-refractivity contribution is 6.30. The second kappa shape index (κ2) is 6.38. The van der Waals surface area contributed by atoms with E-state index in [0.717, 1.165) is 5.56 Å². The molecule has 1 atom stereocenters. The summed E-state index contributed by atoms with van der Waals surface area (Å²) in [4.78, 5) is 4.35. The number of aromatic nitrogens is 2. The average molecular weight is 335 g/mol. The topological polar surface area (TPSA) is 48.2 Å². The highest BCUT2D eigenvalue weighted by Crippen LogP contribution is 2.25. The molecule has 22 heavy (non-hydrogen) atoms. The quantitative estimate of drug-likeness (QED) is 0.659. The van der Waals surface area contributed by atoms with E-state index in [1.165, 1.54) is 0 Å². The monoisotopic (exact) mass is 334 g/mol. The van der Waals surface area contributed by atoms with Crippen molar-refractivity contribution < 1.29 is 9.26 Å². The molecule has 1 heterocycles. The average Bonchev–Trinajstić information content (AvgIpc) is 2.98. The van der Waals surface area contributed by atoms with E-state index >= 15 is 0 Å². The Morgan fingerprint density at radius 2 is 1.82 bits per heavy atom. The van der Waals surface area contributed by atoms with Crippen molar-refractivity contribution in [1.29, 1.82) is 0 Å². The molecule has 1 unspecified atom stereocenters. The SMILES string of the molecule is CC(Oc1cccc(Cl)c1)c1nc(-c2ccc(Cl)cc2)no1. The summed E-state index contributed by atoms with van der Waals surface area (Å²) in [6.07, 6.45) is -0.382. The van der Waals surface area contributed by atoms with E-state index in [2.05, 4.69) is 10.1 Å². The lowest BCUT2D eigenvalue weighted by atomic mass is 10.2. The van der Waals surface area contributed by atoms with Gasteiger partial charge in [-0.15, -0.1) is 0 Å². The maximum atomic E-state index is 5.93. The van der Waals surface area contributed by atoms with Crippen LogP contribution < -0.4 is 4.74 Å². The Bertz CT molecular complexity index is 772. The first-order valence-corrected chi connectivity index (χ1v) is 7.39. The van der Waals surface area contributed by atoms with E-state index in [4.69, 9.17) is 32.5 Å². The predicted octanol–water partition coefficient (Wildman–Crippen LogP) is 5.18. The van der Waals surface area contributed by atoms with Crippen LogP contribution in [0.5, 0.6) is 5.75 Å². The van der Waals surface area contributed by atoms with E-state index in [1.54, 1.807) is 24.3 Å². The van der Waals surface area contributed by atoms with E-state index in [-0.39, 0.29) is 6.10 Å². The van der Waals surface area contributed by atoms with Crippen LogP contribution in [0.2, 0.25) is 10.0 Å². The molecule has 0 spiro atoms. The number of rotatable bonds is 4. The molecule has 0 bridgehead atoms. The van der Waals surface area contributed by atoms with Gasteiger partial charge in [0.2, 0.25) is 5.82 Å². The zero-order valence-electron chi connectivity index (χ0n) is 11.7. The van der Waals surface area contributed by atoms with E-state index < -0.39 is 0 Å². The van der Waals surface area contributed by atoms with Crippen LogP contribution in [-0.2, 0) is 0 Å². The summed E-state index contributed by atoms with van der Waals surface area (Å²) in [5, 5.41) is 5.23. The Kier molecular flexibility index (Phi) is 4.32. The highest BCUT2D eigenvalue weighted by Gasteiger charge is 2.17. The summed E-state index contributed by atoms with van der Waals surface area (Å²) in [7, 11) is 0. The third-order valence-electron chi connectivity index (χ3n) is 3.00. The van der Waals surface area contributed by atoms with Crippen molar-refractivity contribution in [3.05, 3.63) is 64.5 Å².